The third-order valence-electron chi connectivity index (χ3n) is 2.73. The minimum atomic E-state index is -0.255. The Kier molecular flexibility index (Phi) is 3.92. The summed E-state index contributed by atoms with van der Waals surface area (Å²) in [6.07, 6.45) is 2.01. The highest BCUT2D eigenvalue weighted by atomic mass is 16.5. The van der Waals surface area contributed by atoms with Gasteiger partial charge in [0.15, 0.2) is 5.65 Å². The summed E-state index contributed by atoms with van der Waals surface area (Å²) in [5.41, 5.74) is 0.253. The van der Waals surface area contributed by atoms with Gasteiger partial charge in [0.25, 0.3) is 0 Å². The lowest BCUT2D eigenvalue weighted by molar-refractivity contribution is -0.146. The maximum Gasteiger partial charge on any atom is 0.350 e. The first-order valence-corrected chi connectivity index (χ1v) is 6.57. The second-order valence-electron chi connectivity index (χ2n) is 5.89. The number of nitrogens with zero attached hydrogens (tertiary/aromatic N) is 3. The molecule has 0 radical (unpaired) electrons. The predicted molar refractivity (Wildman–Crippen MR) is 74.5 cm³/mol. The molecule has 0 aliphatic rings. The van der Waals surface area contributed by atoms with Crippen molar-refractivity contribution in [3.05, 3.63) is 34.9 Å². The smallest absolute Gasteiger partial charge is 0.350 e. The second-order valence-corrected chi connectivity index (χ2v) is 5.89. The maximum atomic E-state index is 12.0. The lowest BCUT2D eigenvalue weighted by Gasteiger charge is -2.16. The van der Waals surface area contributed by atoms with Gasteiger partial charge in [0.2, 0.25) is 0 Å². The van der Waals surface area contributed by atoms with E-state index >= 15 is 0 Å². The quantitative estimate of drug-likeness (QED) is 0.794. The number of hydrogen-bond donors (Lipinski definition) is 0. The van der Waals surface area contributed by atoms with Gasteiger partial charge in [-0.2, -0.15) is 0 Å². The predicted octanol–water partition coefficient (Wildman–Crippen LogP) is 1.48. The summed E-state index contributed by atoms with van der Waals surface area (Å²) in [5.74, 6) is -0.255. The number of pyridine rings is 1. The maximum absolute atomic E-state index is 12.0. The van der Waals surface area contributed by atoms with Gasteiger partial charge in [0.05, 0.1) is 13.0 Å². The molecule has 0 fully saturated rings. The molecule has 0 aromatic carbocycles. The molecule has 108 valence electrons. The van der Waals surface area contributed by atoms with Crippen LogP contribution in [0.4, 0.5) is 0 Å². The molecule has 20 heavy (non-hydrogen) atoms. The molecule has 0 unspecified atom stereocenters. The number of hydrogen-bond acceptors (Lipinski definition) is 4. The van der Waals surface area contributed by atoms with Crippen molar-refractivity contribution in [1.29, 1.82) is 0 Å². The fourth-order valence-corrected chi connectivity index (χ4v) is 1.84. The second kappa shape index (κ2) is 5.48. The van der Waals surface area contributed by atoms with E-state index < -0.39 is 0 Å². The third kappa shape index (κ3) is 3.46. The normalized spacial score (nSPS) is 11.8. The summed E-state index contributed by atoms with van der Waals surface area (Å²) in [5, 5.41) is 4.16. The number of ether oxygens (including phenoxy) is 1. The minimum Gasteiger partial charge on any atom is -0.464 e. The zero-order valence-corrected chi connectivity index (χ0v) is 12.0. The summed E-state index contributed by atoms with van der Waals surface area (Å²) in [4.78, 5) is 23.5. The average molecular weight is 277 g/mol. The largest absolute Gasteiger partial charge is 0.464 e. The molecule has 0 amide bonds. The van der Waals surface area contributed by atoms with E-state index in [9.17, 15) is 9.59 Å². The minimum absolute atomic E-state index is 0.100. The van der Waals surface area contributed by atoms with Crippen molar-refractivity contribution in [2.24, 2.45) is 5.41 Å². The summed E-state index contributed by atoms with van der Waals surface area (Å²) in [6.45, 7) is 6.33. The zero-order chi connectivity index (χ0) is 14.8. The molecule has 0 spiro atoms. The number of carbonyl (C=O) groups is 1. The monoisotopic (exact) mass is 277 g/mol. The van der Waals surface area contributed by atoms with Crippen LogP contribution in [0.3, 0.4) is 0 Å². The molecule has 0 N–H and O–H groups in total. The number of aromatic nitrogens is 3. The van der Waals surface area contributed by atoms with Crippen LogP contribution in [0.25, 0.3) is 5.65 Å². The van der Waals surface area contributed by atoms with E-state index in [2.05, 4.69) is 5.10 Å². The first-order valence-electron chi connectivity index (χ1n) is 6.57. The molecule has 0 saturated heterocycles. The van der Waals surface area contributed by atoms with Crippen molar-refractivity contribution in [1.82, 2.24) is 14.2 Å². The first-order chi connectivity index (χ1) is 9.37. The molecule has 0 atom stereocenters. The Morgan fingerprint density at radius 3 is 2.75 bits per heavy atom. The summed E-state index contributed by atoms with van der Waals surface area (Å²) in [6, 6.07) is 5.34. The lowest BCUT2D eigenvalue weighted by Crippen LogP contribution is -2.24. The van der Waals surface area contributed by atoms with Crippen molar-refractivity contribution in [2.45, 2.75) is 33.7 Å². The van der Waals surface area contributed by atoms with Crippen molar-refractivity contribution in [3.8, 4) is 0 Å². The molecule has 0 aliphatic carbocycles. The molecule has 2 aromatic heterocycles. The van der Waals surface area contributed by atoms with Crippen LogP contribution in [-0.2, 0) is 16.1 Å². The van der Waals surface area contributed by atoms with Crippen molar-refractivity contribution < 1.29 is 9.53 Å². The highest BCUT2D eigenvalue weighted by Gasteiger charge is 2.17. The van der Waals surface area contributed by atoms with Gasteiger partial charge in [-0.05, 0) is 17.5 Å². The van der Waals surface area contributed by atoms with Crippen LogP contribution in [0.5, 0.6) is 0 Å². The summed E-state index contributed by atoms with van der Waals surface area (Å²) in [7, 11) is 0. The first kappa shape index (κ1) is 14.3. The van der Waals surface area contributed by atoms with E-state index in [1.54, 1.807) is 18.3 Å². The molecule has 0 aliphatic heterocycles. The van der Waals surface area contributed by atoms with Crippen molar-refractivity contribution in [3.63, 3.8) is 0 Å². The highest BCUT2D eigenvalue weighted by Crippen LogP contribution is 2.18. The van der Waals surface area contributed by atoms with E-state index in [-0.39, 0.29) is 30.2 Å². The summed E-state index contributed by atoms with van der Waals surface area (Å²) >= 11 is 0. The molecule has 0 saturated carbocycles. The van der Waals surface area contributed by atoms with E-state index in [0.29, 0.717) is 12.1 Å². The Morgan fingerprint density at radius 2 is 2.10 bits per heavy atom. The third-order valence-corrected chi connectivity index (χ3v) is 2.73. The standard InChI is InChI=1S/C14H19N3O3/c1-14(2,3)10-12(18)20-9-8-17-13(19)16-7-5-4-6-11(16)15-17/h4-7H,8-10H2,1-3H3. The number of fused-ring (bicyclic) bond motifs is 1. The Labute approximate surface area is 117 Å². The van der Waals surface area contributed by atoms with Crippen LogP contribution in [0.15, 0.2) is 29.2 Å². The molecular weight excluding hydrogens is 258 g/mol. The van der Waals surface area contributed by atoms with Gasteiger partial charge in [-0.3, -0.25) is 9.20 Å². The van der Waals surface area contributed by atoms with Crippen molar-refractivity contribution >= 4 is 11.6 Å². The fraction of sp³-hybridized carbons (Fsp3) is 0.500. The number of carbonyl (C=O) groups excluding carboxylic acids is 1. The van der Waals surface area contributed by atoms with Crippen LogP contribution in [-0.4, -0.2) is 26.8 Å². The van der Waals surface area contributed by atoms with Crippen LogP contribution < -0.4 is 5.69 Å². The average Bonchev–Trinajstić information content (AvgIpc) is 2.65. The Morgan fingerprint density at radius 1 is 1.35 bits per heavy atom. The lowest BCUT2D eigenvalue weighted by atomic mass is 9.93. The Hall–Kier alpha value is -2.11. The molecule has 0 bridgehead atoms. The van der Waals surface area contributed by atoms with Gasteiger partial charge in [-0.1, -0.05) is 26.8 Å². The van der Waals surface area contributed by atoms with E-state index in [4.69, 9.17) is 4.74 Å². The summed E-state index contributed by atoms with van der Waals surface area (Å²) < 4.78 is 7.89. The molecule has 2 rings (SSSR count). The SMILES string of the molecule is CC(C)(C)CC(=O)OCCn1nc2ccccn2c1=O. The number of esters is 1. The van der Waals surface area contributed by atoms with Crippen LogP contribution in [0, 0.1) is 5.41 Å². The number of rotatable bonds is 4. The van der Waals surface area contributed by atoms with Gasteiger partial charge in [-0.25, -0.2) is 9.48 Å². The molecule has 2 heterocycles. The van der Waals surface area contributed by atoms with Gasteiger partial charge in [-0.15, -0.1) is 5.10 Å². The van der Waals surface area contributed by atoms with E-state index in [1.165, 1.54) is 9.08 Å². The van der Waals surface area contributed by atoms with Crippen LogP contribution in [0.2, 0.25) is 0 Å². The van der Waals surface area contributed by atoms with Gasteiger partial charge >= 0.3 is 11.7 Å². The van der Waals surface area contributed by atoms with Gasteiger partial charge < -0.3 is 4.74 Å². The zero-order valence-electron chi connectivity index (χ0n) is 12.0. The van der Waals surface area contributed by atoms with Crippen LogP contribution in [0.1, 0.15) is 27.2 Å². The molecule has 6 heteroatoms. The molecule has 6 nitrogen and oxygen atoms in total. The Balaban J connectivity index is 1.95. The fourth-order valence-electron chi connectivity index (χ4n) is 1.84. The van der Waals surface area contributed by atoms with Crippen LogP contribution >= 0.6 is 0 Å². The molecular formula is C14H19N3O3. The van der Waals surface area contributed by atoms with Gasteiger partial charge in [0.1, 0.15) is 6.61 Å². The highest BCUT2D eigenvalue weighted by molar-refractivity contribution is 5.70. The topological polar surface area (TPSA) is 65.6 Å². The van der Waals surface area contributed by atoms with E-state index in [0.717, 1.165) is 0 Å². The van der Waals surface area contributed by atoms with Crippen molar-refractivity contribution in [2.75, 3.05) is 6.61 Å². The molecule has 2 aromatic rings. The van der Waals surface area contributed by atoms with Gasteiger partial charge in [0, 0.05) is 6.20 Å². The Bertz CT molecular complexity index is 664. The van der Waals surface area contributed by atoms with E-state index in [1.807, 2.05) is 26.8 Å².